The first-order chi connectivity index (χ1) is 17.6. The van der Waals surface area contributed by atoms with Crippen molar-refractivity contribution in [2.75, 3.05) is 0 Å². The van der Waals surface area contributed by atoms with E-state index in [0.29, 0.717) is 0 Å². The van der Waals surface area contributed by atoms with Gasteiger partial charge in [-0.05, 0) is 69.8 Å². The molecule has 1 aliphatic rings. The molecule has 0 saturated heterocycles. The highest BCUT2D eigenvalue weighted by Gasteiger charge is 2.36. The number of hydrogen-bond acceptors (Lipinski definition) is 2. The van der Waals surface area contributed by atoms with Crippen LogP contribution in [0.1, 0.15) is 25.0 Å². The molecule has 3 nitrogen and oxygen atoms in total. The smallest absolute Gasteiger partial charge is 0.164 e. The average molecular weight is 464 g/mol. The number of benzene rings is 4. The molecule has 1 aliphatic heterocycles. The van der Waals surface area contributed by atoms with Gasteiger partial charge in [-0.2, -0.15) is 0 Å². The van der Waals surface area contributed by atoms with Gasteiger partial charge in [-0.1, -0.05) is 86.6 Å². The quantitative estimate of drug-likeness (QED) is 0.266. The van der Waals surface area contributed by atoms with Crippen LogP contribution in [0, 0.1) is 0 Å². The molecule has 2 aromatic heterocycles. The molecule has 6 aromatic rings. The molecule has 4 aromatic carbocycles. The lowest BCUT2D eigenvalue weighted by atomic mass is 9.74. The van der Waals surface area contributed by atoms with Crippen LogP contribution >= 0.6 is 0 Å². The van der Waals surface area contributed by atoms with Crippen LogP contribution in [0.15, 0.2) is 115 Å². The van der Waals surface area contributed by atoms with Crippen LogP contribution in [0.5, 0.6) is 0 Å². The third-order valence-electron chi connectivity index (χ3n) is 7.46. The maximum atomic E-state index is 5.05. The number of hydrogen-bond donors (Lipinski definition) is 0. The fourth-order valence-corrected chi connectivity index (χ4v) is 5.60. The first-order valence-corrected chi connectivity index (χ1v) is 12.4. The molecule has 7 rings (SSSR count). The summed E-state index contributed by atoms with van der Waals surface area (Å²) in [6.45, 7) is 4.64. The topological polar surface area (TPSA) is 30.7 Å². The molecule has 0 saturated carbocycles. The molecule has 3 heterocycles. The zero-order valence-corrected chi connectivity index (χ0v) is 20.3. The molecule has 172 valence electrons. The van der Waals surface area contributed by atoms with Crippen molar-refractivity contribution < 1.29 is 0 Å². The molecular weight excluding hydrogens is 438 g/mol. The van der Waals surface area contributed by atoms with Crippen molar-refractivity contribution in [1.82, 2.24) is 14.5 Å². The zero-order valence-electron chi connectivity index (χ0n) is 20.3. The van der Waals surface area contributed by atoms with Crippen LogP contribution in [0.3, 0.4) is 0 Å². The van der Waals surface area contributed by atoms with Crippen molar-refractivity contribution >= 4 is 11.0 Å². The second-order valence-corrected chi connectivity index (χ2v) is 9.96. The van der Waals surface area contributed by atoms with E-state index in [2.05, 4.69) is 114 Å². The first-order valence-electron chi connectivity index (χ1n) is 12.4. The monoisotopic (exact) mass is 463 g/mol. The second-order valence-electron chi connectivity index (χ2n) is 9.96. The van der Waals surface area contributed by atoms with Gasteiger partial charge < -0.3 is 0 Å². The van der Waals surface area contributed by atoms with Gasteiger partial charge in [0.05, 0.1) is 16.7 Å². The molecule has 0 radical (unpaired) electrons. The Hall–Kier alpha value is -4.50. The van der Waals surface area contributed by atoms with Gasteiger partial charge in [0, 0.05) is 11.6 Å². The molecular formula is C33H25N3. The van der Waals surface area contributed by atoms with Gasteiger partial charge in [-0.25, -0.2) is 4.98 Å². The predicted molar refractivity (Wildman–Crippen MR) is 147 cm³/mol. The van der Waals surface area contributed by atoms with E-state index in [-0.39, 0.29) is 5.41 Å². The van der Waals surface area contributed by atoms with Crippen molar-refractivity contribution in [1.29, 1.82) is 0 Å². The number of rotatable bonds is 3. The summed E-state index contributed by atoms with van der Waals surface area (Å²) in [5.41, 5.74) is 11.5. The van der Waals surface area contributed by atoms with Crippen molar-refractivity contribution in [3.8, 4) is 39.5 Å². The summed E-state index contributed by atoms with van der Waals surface area (Å²) in [5, 5.41) is 0. The fraction of sp³-hybridized carbons (Fsp3) is 0.0909. The Labute approximate surface area is 210 Å². The molecule has 3 heteroatoms. The summed E-state index contributed by atoms with van der Waals surface area (Å²) in [6, 6.07) is 38.7. The maximum absolute atomic E-state index is 5.05. The second kappa shape index (κ2) is 7.76. The number of para-hydroxylation sites is 1. The lowest BCUT2D eigenvalue weighted by Gasteiger charge is -2.35. The van der Waals surface area contributed by atoms with Gasteiger partial charge in [0.25, 0.3) is 0 Å². The Balaban J connectivity index is 1.45. The van der Waals surface area contributed by atoms with E-state index in [1.165, 1.54) is 44.6 Å². The Morgan fingerprint density at radius 3 is 2.14 bits per heavy atom. The Morgan fingerprint density at radius 1 is 0.611 bits per heavy atom. The average Bonchev–Trinajstić information content (AvgIpc) is 3.33. The zero-order chi connectivity index (χ0) is 24.3. The standard InChI is InChI=1S/C33H25N3/c1-33(2)26-14-9-16-28-31(26)36(32(35-28)29-15-6-7-19-34-29)30-18-17-25(21-27(30)33)24-13-8-12-23(20-24)22-10-4-3-5-11-22/h3-21H,1-2H3. The minimum atomic E-state index is -0.167. The van der Waals surface area contributed by atoms with Gasteiger partial charge in [-0.15, -0.1) is 0 Å². The number of imidazole rings is 1. The molecule has 0 amide bonds. The summed E-state index contributed by atoms with van der Waals surface area (Å²) in [4.78, 5) is 9.68. The predicted octanol–water partition coefficient (Wildman–Crippen LogP) is 8.06. The van der Waals surface area contributed by atoms with Crippen LogP contribution < -0.4 is 0 Å². The number of nitrogens with zero attached hydrogens (tertiary/aromatic N) is 3. The van der Waals surface area contributed by atoms with E-state index in [1.807, 2.05) is 24.4 Å². The van der Waals surface area contributed by atoms with Gasteiger partial charge in [0.15, 0.2) is 5.82 Å². The van der Waals surface area contributed by atoms with Crippen molar-refractivity contribution in [2.24, 2.45) is 0 Å². The summed E-state index contributed by atoms with van der Waals surface area (Å²) in [7, 11) is 0. The minimum absolute atomic E-state index is 0.167. The normalized spacial score (nSPS) is 13.5. The lowest BCUT2D eigenvalue weighted by molar-refractivity contribution is 0.629. The molecule has 0 atom stereocenters. The summed E-state index contributed by atoms with van der Waals surface area (Å²) in [5.74, 6) is 0.883. The summed E-state index contributed by atoms with van der Waals surface area (Å²) >= 11 is 0. The molecule has 0 aliphatic carbocycles. The third kappa shape index (κ3) is 3.06. The first kappa shape index (κ1) is 20.8. The van der Waals surface area contributed by atoms with Gasteiger partial charge >= 0.3 is 0 Å². The minimum Gasteiger partial charge on any atom is -0.290 e. The molecule has 0 N–H and O–H groups in total. The number of aromatic nitrogens is 3. The van der Waals surface area contributed by atoms with Crippen molar-refractivity contribution in [3.63, 3.8) is 0 Å². The third-order valence-corrected chi connectivity index (χ3v) is 7.46. The van der Waals surface area contributed by atoms with E-state index in [1.54, 1.807) is 0 Å². The number of pyridine rings is 1. The fourth-order valence-electron chi connectivity index (χ4n) is 5.60. The molecule has 36 heavy (non-hydrogen) atoms. The van der Waals surface area contributed by atoms with Gasteiger partial charge in [0.2, 0.25) is 0 Å². The van der Waals surface area contributed by atoms with Gasteiger partial charge in [0.1, 0.15) is 5.69 Å². The van der Waals surface area contributed by atoms with Crippen LogP contribution in [0.2, 0.25) is 0 Å². The largest absolute Gasteiger partial charge is 0.290 e. The van der Waals surface area contributed by atoms with E-state index in [0.717, 1.165) is 17.0 Å². The SMILES string of the molecule is CC1(C)c2cc(-c3cccc(-c4ccccc4)c3)ccc2-n2c(-c3ccccn3)nc3cccc1c32. The molecule has 0 spiro atoms. The molecule has 0 fully saturated rings. The Morgan fingerprint density at radius 2 is 1.33 bits per heavy atom. The van der Waals surface area contributed by atoms with Crippen LogP contribution in [-0.2, 0) is 5.41 Å². The summed E-state index contributed by atoms with van der Waals surface area (Å²) < 4.78 is 2.30. The maximum Gasteiger partial charge on any atom is 0.164 e. The van der Waals surface area contributed by atoms with Crippen molar-refractivity contribution in [3.05, 3.63) is 127 Å². The van der Waals surface area contributed by atoms with E-state index >= 15 is 0 Å². The highest BCUT2D eigenvalue weighted by molar-refractivity contribution is 5.90. The van der Waals surface area contributed by atoms with Crippen molar-refractivity contribution in [2.45, 2.75) is 19.3 Å². The van der Waals surface area contributed by atoms with E-state index in [9.17, 15) is 0 Å². The van der Waals surface area contributed by atoms with Gasteiger partial charge in [-0.3, -0.25) is 9.55 Å². The Bertz CT molecular complexity index is 1750. The summed E-state index contributed by atoms with van der Waals surface area (Å²) in [6.07, 6.45) is 1.83. The van der Waals surface area contributed by atoms with E-state index in [4.69, 9.17) is 4.98 Å². The van der Waals surface area contributed by atoms with Crippen LogP contribution in [0.4, 0.5) is 0 Å². The molecule has 0 unspecified atom stereocenters. The highest BCUT2D eigenvalue weighted by atomic mass is 15.1. The lowest BCUT2D eigenvalue weighted by Crippen LogP contribution is -2.26. The Kier molecular flexibility index (Phi) is 4.49. The number of fused-ring (bicyclic) bond motifs is 2. The van der Waals surface area contributed by atoms with Crippen LogP contribution in [0.25, 0.3) is 50.5 Å². The molecule has 0 bridgehead atoms. The van der Waals surface area contributed by atoms with E-state index < -0.39 is 0 Å². The van der Waals surface area contributed by atoms with Crippen LogP contribution in [-0.4, -0.2) is 14.5 Å². The highest BCUT2D eigenvalue weighted by Crippen LogP contribution is 2.47.